The van der Waals surface area contributed by atoms with E-state index in [1.165, 1.54) is 24.8 Å². The van der Waals surface area contributed by atoms with Crippen molar-refractivity contribution in [3.05, 3.63) is 17.1 Å². The van der Waals surface area contributed by atoms with E-state index in [0.717, 1.165) is 0 Å². The number of hydrogen-bond donors (Lipinski definition) is 3. The van der Waals surface area contributed by atoms with Gasteiger partial charge in [0.1, 0.15) is 15.6 Å². The predicted octanol–water partition coefficient (Wildman–Crippen LogP) is 1.13. The highest BCUT2D eigenvalue weighted by molar-refractivity contribution is 7.19. The summed E-state index contributed by atoms with van der Waals surface area (Å²) in [6, 6.07) is 0. The summed E-state index contributed by atoms with van der Waals surface area (Å²) in [5.41, 5.74) is 6.30. The first kappa shape index (κ1) is 15.1. The molecule has 9 heteroatoms. The molecule has 1 amide bonds. The molecule has 114 valence electrons. The molecule has 0 atom stereocenters. The van der Waals surface area contributed by atoms with Crippen LogP contribution in [0.2, 0.25) is 0 Å². The maximum Gasteiger partial charge on any atom is 0.263 e. The third-order valence-electron chi connectivity index (χ3n) is 2.69. The maximum absolute atomic E-state index is 11.9. The highest BCUT2D eigenvalue weighted by atomic mass is 32.1. The van der Waals surface area contributed by atoms with Crippen LogP contribution >= 0.6 is 11.3 Å². The number of carbonyl (C=O) groups is 1. The Bertz CT molecular complexity index is 596. The summed E-state index contributed by atoms with van der Waals surface area (Å²) in [6.07, 6.45) is 1.88. The Hall–Kier alpha value is -2.29. The smallest absolute Gasteiger partial charge is 0.263 e. The van der Waals surface area contributed by atoms with Crippen LogP contribution in [0.1, 0.15) is 22.4 Å². The molecule has 2 heterocycles. The van der Waals surface area contributed by atoms with Crippen LogP contribution in [0.15, 0.2) is 10.9 Å². The Morgan fingerprint density at radius 3 is 3.00 bits per heavy atom. The van der Waals surface area contributed by atoms with Gasteiger partial charge in [0.15, 0.2) is 11.6 Å². The van der Waals surface area contributed by atoms with Crippen molar-refractivity contribution in [1.29, 1.82) is 0 Å². The molecule has 0 spiro atoms. The zero-order chi connectivity index (χ0) is 15.2. The highest BCUT2D eigenvalue weighted by Gasteiger charge is 2.21. The minimum absolute atomic E-state index is 0.204. The van der Waals surface area contributed by atoms with Gasteiger partial charge in [-0.25, -0.2) is 0 Å². The number of ether oxygens (including phenoxy) is 1. The van der Waals surface area contributed by atoms with E-state index < -0.39 is 0 Å². The van der Waals surface area contributed by atoms with Crippen LogP contribution in [0.5, 0.6) is 5.75 Å². The average molecular weight is 311 g/mol. The van der Waals surface area contributed by atoms with E-state index >= 15 is 0 Å². The van der Waals surface area contributed by atoms with Gasteiger partial charge in [0.2, 0.25) is 6.39 Å². The lowest BCUT2D eigenvalue weighted by atomic mass is 10.3. The number of thiophene rings is 1. The Balaban J connectivity index is 2.07. The van der Waals surface area contributed by atoms with Crippen molar-refractivity contribution in [2.24, 2.45) is 0 Å². The van der Waals surface area contributed by atoms with E-state index in [4.69, 9.17) is 10.5 Å². The lowest BCUT2D eigenvalue weighted by Gasteiger charge is -2.05. The van der Waals surface area contributed by atoms with Gasteiger partial charge in [0.25, 0.3) is 5.91 Å². The van der Waals surface area contributed by atoms with E-state index in [-0.39, 0.29) is 5.91 Å². The quantitative estimate of drug-likeness (QED) is 0.702. The van der Waals surface area contributed by atoms with Crippen molar-refractivity contribution in [1.82, 2.24) is 15.5 Å². The first-order valence-corrected chi connectivity index (χ1v) is 7.22. The highest BCUT2D eigenvalue weighted by Crippen LogP contribution is 2.42. The number of methoxy groups -OCH3 is 1. The lowest BCUT2D eigenvalue weighted by molar-refractivity contribution is 0.0960. The number of aromatic nitrogens is 2. The van der Waals surface area contributed by atoms with E-state index in [1.54, 1.807) is 0 Å². The van der Waals surface area contributed by atoms with Crippen LogP contribution in [-0.4, -0.2) is 36.2 Å². The lowest BCUT2D eigenvalue weighted by Crippen LogP contribution is -2.22. The molecule has 0 radical (unpaired) electrons. The first-order chi connectivity index (χ1) is 10.2. The monoisotopic (exact) mass is 311 g/mol. The van der Waals surface area contributed by atoms with Gasteiger partial charge in [0, 0.05) is 19.5 Å². The second-order valence-corrected chi connectivity index (χ2v) is 5.11. The van der Waals surface area contributed by atoms with Gasteiger partial charge in [0.05, 0.1) is 7.11 Å². The fraction of sp³-hybridized carbons (Fsp3) is 0.417. The van der Waals surface area contributed by atoms with Crippen LogP contribution in [0, 0.1) is 0 Å². The minimum atomic E-state index is -0.204. The van der Waals surface area contributed by atoms with Gasteiger partial charge >= 0.3 is 0 Å². The number of carbonyl (C=O) groups excluding carboxylic acids is 1. The normalized spacial score (nSPS) is 10.4. The Kier molecular flexibility index (Phi) is 4.99. The third-order valence-corrected chi connectivity index (χ3v) is 3.83. The summed E-state index contributed by atoms with van der Waals surface area (Å²) < 4.78 is 9.93. The van der Waals surface area contributed by atoms with Crippen molar-refractivity contribution in [3.63, 3.8) is 0 Å². The molecule has 4 N–H and O–H groups in total. The van der Waals surface area contributed by atoms with Crippen LogP contribution in [0.4, 0.5) is 10.7 Å². The van der Waals surface area contributed by atoms with Crippen LogP contribution in [0.25, 0.3) is 0 Å². The van der Waals surface area contributed by atoms with E-state index in [9.17, 15) is 4.79 Å². The molecule has 2 aromatic rings. The molecule has 8 nitrogen and oxygen atoms in total. The molecule has 0 unspecified atom stereocenters. The number of amides is 1. The maximum atomic E-state index is 11.9. The Morgan fingerprint density at radius 1 is 1.57 bits per heavy atom. The van der Waals surface area contributed by atoms with Gasteiger partial charge in [-0.3, -0.25) is 4.79 Å². The van der Waals surface area contributed by atoms with E-state index in [1.807, 2.05) is 6.92 Å². The number of nitrogens with one attached hydrogen (secondary N) is 2. The summed E-state index contributed by atoms with van der Waals surface area (Å²) in [5.74, 6) is 0.883. The Morgan fingerprint density at radius 2 is 2.38 bits per heavy atom. The number of anilines is 2. The molecule has 0 bridgehead atoms. The van der Waals surface area contributed by atoms with E-state index in [2.05, 4.69) is 25.3 Å². The number of hydrogen-bond acceptors (Lipinski definition) is 8. The van der Waals surface area contributed by atoms with Crippen LogP contribution in [-0.2, 0) is 6.42 Å². The number of nitrogens with zero attached hydrogens (tertiary/aromatic N) is 2. The number of nitrogen functional groups attached to an aromatic ring is 1. The van der Waals surface area contributed by atoms with Crippen molar-refractivity contribution in [2.75, 3.05) is 31.2 Å². The second kappa shape index (κ2) is 6.93. The molecular weight excluding hydrogens is 294 g/mol. The van der Waals surface area contributed by atoms with Gasteiger partial charge < -0.3 is 25.6 Å². The van der Waals surface area contributed by atoms with Crippen molar-refractivity contribution in [3.8, 4) is 5.75 Å². The molecule has 0 aliphatic rings. The molecular formula is C12H17N5O3S. The zero-order valence-corrected chi connectivity index (χ0v) is 12.6. The predicted molar refractivity (Wildman–Crippen MR) is 79.8 cm³/mol. The van der Waals surface area contributed by atoms with Crippen LogP contribution < -0.4 is 21.1 Å². The molecule has 21 heavy (non-hydrogen) atoms. The molecule has 0 aliphatic heterocycles. The molecule has 2 rings (SSSR count). The first-order valence-electron chi connectivity index (χ1n) is 6.40. The zero-order valence-electron chi connectivity index (χ0n) is 11.8. The topological polar surface area (TPSA) is 115 Å². The standard InChI is InChI=1S/C12H17N5O3S/c1-3-14-11(18)10-8(13)9(19-2)12(21-10)15-5-4-7-16-6-20-17-7/h6,15H,3-5,13H2,1-2H3,(H,14,18). The summed E-state index contributed by atoms with van der Waals surface area (Å²) in [5, 5.41) is 10.3. The van der Waals surface area contributed by atoms with E-state index in [0.29, 0.717) is 46.6 Å². The van der Waals surface area contributed by atoms with Crippen molar-refractivity contribution >= 4 is 27.9 Å². The number of rotatable bonds is 7. The Labute approximate surface area is 125 Å². The van der Waals surface area contributed by atoms with Crippen molar-refractivity contribution < 1.29 is 14.1 Å². The van der Waals surface area contributed by atoms with Crippen LogP contribution in [0.3, 0.4) is 0 Å². The second-order valence-electron chi connectivity index (χ2n) is 4.09. The largest absolute Gasteiger partial charge is 0.492 e. The molecule has 0 fully saturated rings. The van der Waals surface area contributed by atoms with Gasteiger partial charge in [-0.15, -0.1) is 11.3 Å². The third kappa shape index (κ3) is 3.43. The summed E-state index contributed by atoms with van der Waals surface area (Å²) in [7, 11) is 1.52. The summed E-state index contributed by atoms with van der Waals surface area (Å²) in [4.78, 5) is 16.3. The van der Waals surface area contributed by atoms with Gasteiger partial charge in [-0.1, -0.05) is 5.16 Å². The van der Waals surface area contributed by atoms with Crippen molar-refractivity contribution in [2.45, 2.75) is 13.3 Å². The fourth-order valence-electron chi connectivity index (χ4n) is 1.75. The average Bonchev–Trinajstić information content (AvgIpc) is 3.07. The molecule has 0 aliphatic carbocycles. The molecule has 0 aromatic carbocycles. The van der Waals surface area contributed by atoms with Gasteiger partial charge in [-0.2, -0.15) is 4.98 Å². The number of nitrogens with two attached hydrogens (primary N) is 1. The SMILES string of the molecule is CCNC(=O)c1sc(NCCc2ncon2)c(OC)c1N. The minimum Gasteiger partial charge on any atom is -0.492 e. The fourth-order valence-corrected chi connectivity index (χ4v) is 2.78. The van der Waals surface area contributed by atoms with Gasteiger partial charge in [-0.05, 0) is 6.92 Å². The molecule has 2 aromatic heterocycles. The summed E-state index contributed by atoms with van der Waals surface area (Å²) >= 11 is 1.26. The summed E-state index contributed by atoms with van der Waals surface area (Å²) in [6.45, 7) is 2.97. The molecule has 0 saturated carbocycles. The molecule has 0 saturated heterocycles.